The number of halogens is 1. The SMILES string of the molecule is CSc1ccc2nc(Nc3nc4c(Cl)cccc4s3)sc2c1. The van der Waals surface area contributed by atoms with E-state index in [0.29, 0.717) is 5.02 Å². The average Bonchev–Trinajstić information content (AvgIpc) is 3.10. The van der Waals surface area contributed by atoms with Crippen LogP contribution in [0.5, 0.6) is 0 Å². The topological polar surface area (TPSA) is 37.8 Å². The molecule has 2 aromatic heterocycles. The number of nitrogens with zero attached hydrogens (tertiary/aromatic N) is 2. The lowest BCUT2D eigenvalue weighted by Crippen LogP contribution is -1.87. The van der Waals surface area contributed by atoms with Gasteiger partial charge in [0.15, 0.2) is 10.3 Å². The Labute approximate surface area is 144 Å². The van der Waals surface area contributed by atoms with E-state index in [0.717, 1.165) is 26.0 Å². The molecule has 2 heterocycles. The smallest absolute Gasteiger partial charge is 0.190 e. The number of rotatable bonds is 3. The van der Waals surface area contributed by atoms with Crippen LogP contribution in [0, 0.1) is 0 Å². The number of para-hydroxylation sites is 1. The molecule has 0 bridgehead atoms. The van der Waals surface area contributed by atoms with Gasteiger partial charge < -0.3 is 5.32 Å². The van der Waals surface area contributed by atoms with Crippen LogP contribution in [0.2, 0.25) is 5.02 Å². The third kappa shape index (κ3) is 2.56. The molecule has 0 unspecified atom stereocenters. The number of benzene rings is 2. The summed E-state index contributed by atoms with van der Waals surface area (Å²) in [5, 5.41) is 5.64. The number of nitrogens with one attached hydrogen (secondary N) is 1. The van der Waals surface area contributed by atoms with Gasteiger partial charge in [0.25, 0.3) is 0 Å². The van der Waals surface area contributed by atoms with E-state index in [1.54, 1.807) is 34.4 Å². The zero-order valence-corrected chi connectivity index (χ0v) is 14.7. The molecule has 0 aliphatic carbocycles. The average molecular weight is 364 g/mol. The molecule has 0 radical (unpaired) electrons. The van der Waals surface area contributed by atoms with Crippen LogP contribution >= 0.6 is 46.0 Å². The van der Waals surface area contributed by atoms with Crippen molar-refractivity contribution in [3.63, 3.8) is 0 Å². The Morgan fingerprint density at radius 3 is 2.68 bits per heavy atom. The molecule has 0 fully saturated rings. The maximum Gasteiger partial charge on any atom is 0.190 e. The minimum atomic E-state index is 0.677. The Kier molecular flexibility index (Phi) is 3.69. The van der Waals surface area contributed by atoms with Gasteiger partial charge in [-0.1, -0.05) is 40.3 Å². The quantitative estimate of drug-likeness (QED) is 0.451. The van der Waals surface area contributed by atoms with E-state index in [4.69, 9.17) is 11.6 Å². The number of anilines is 2. The Bertz CT molecular complexity index is 977. The van der Waals surface area contributed by atoms with E-state index in [9.17, 15) is 0 Å². The molecular formula is C15H10ClN3S3. The lowest BCUT2D eigenvalue weighted by molar-refractivity contribution is 1.39. The van der Waals surface area contributed by atoms with Gasteiger partial charge in [0, 0.05) is 4.90 Å². The van der Waals surface area contributed by atoms with Crippen molar-refractivity contribution in [1.82, 2.24) is 9.97 Å². The maximum absolute atomic E-state index is 6.17. The van der Waals surface area contributed by atoms with Crippen molar-refractivity contribution in [1.29, 1.82) is 0 Å². The molecular weight excluding hydrogens is 354 g/mol. The number of thioether (sulfide) groups is 1. The van der Waals surface area contributed by atoms with Crippen LogP contribution in [0.25, 0.3) is 20.4 Å². The summed E-state index contributed by atoms with van der Waals surface area (Å²) < 4.78 is 2.24. The molecule has 0 amide bonds. The lowest BCUT2D eigenvalue weighted by Gasteiger charge is -1.93. The molecule has 0 aliphatic heterocycles. The fourth-order valence-corrected chi connectivity index (χ4v) is 4.79. The molecule has 22 heavy (non-hydrogen) atoms. The predicted octanol–water partition coefficient (Wildman–Crippen LogP) is 6.02. The summed E-state index contributed by atoms with van der Waals surface area (Å²) in [6.45, 7) is 0. The van der Waals surface area contributed by atoms with Gasteiger partial charge in [-0.3, -0.25) is 0 Å². The van der Waals surface area contributed by atoms with E-state index in [2.05, 4.69) is 39.7 Å². The Hall–Kier alpha value is -1.34. The zero-order valence-electron chi connectivity index (χ0n) is 11.5. The summed E-state index contributed by atoms with van der Waals surface area (Å²) in [5.74, 6) is 0. The molecule has 1 N–H and O–H groups in total. The van der Waals surface area contributed by atoms with E-state index >= 15 is 0 Å². The van der Waals surface area contributed by atoms with Gasteiger partial charge in [-0.25, -0.2) is 9.97 Å². The highest BCUT2D eigenvalue weighted by atomic mass is 35.5. The van der Waals surface area contributed by atoms with Crippen LogP contribution in [-0.4, -0.2) is 16.2 Å². The van der Waals surface area contributed by atoms with Crippen molar-refractivity contribution in [2.24, 2.45) is 0 Å². The summed E-state index contributed by atoms with van der Waals surface area (Å²) >= 11 is 11.1. The number of hydrogen-bond acceptors (Lipinski definition) is 6. The summed E-state index contributed by atoms with van der Waals surface area (Å²) in [6.07, 6.45) is 2.08. The summed E-state index contributed by atoms with van der Waals surface area (Å²) in [6, 6.07) is 12.1. The van der Waals surface area contributed by atoms with Gasteiger partial charge in [0.1, 0.15) is 5.52 Å². The highest BCUT2D eigenvalue weighted by molar-refractivity contribution is 7.98. The molecule has 2 aromatic carbocycles. The van der Waals surface area contributed by atoms with Crippen molar-refractivity contribution >= 4 is 76.7 Å². The van der Waals surface area contributed by atoms with Crippen molar-refractivity contribution in [3.05, 3.63) is 41.4 Å². The van der Waals surface area contributed by atoms with Gasteiger partial charge in [-0.05, 0) is 36.6 Å². The second-order valence-corrected chi connectivity index (χ2v) is 7.93. The van der Waals surface area contributed by atoms with Crippen LogP contribution in [-0.2, 0) is 0 Å². The maximum atomic E-state index is 6.17. The van der Waals surface area contributed by atoms with Crippen molar-refractivity contribution in [2.75, 3.05) is 11.6 Å². The first-order chi connectivity index (χ1) is 10.7. The highest BCUT2D eigenvalue weighted by Gasteiger charge is 2.10. The molecule has 0 saturated carbocycles. The molecule has 3 nitrogen and oxygen atoms in total. The van der Waals surface area contributed by atoms with Crippen molar-refractivity contribution in [2.45, 2.75) is 4.90 Å². The number of aromatic nitrogens is 2. The van der Waals surface area contributed by atoms with Gasteiger partial charge in [0.05, 0.1) is 19.9 Å². The summed E-state index contributed by atoms with van der Waals surface area (Å²) in [4.78, 5) is 10.4. The minimum absolute atomic E-state index is 0.677. The number of thiazole rings is 2. The molecule has 7 heteroatoms. The van der Waals surface area contributed by atoms with E-state index < -0.39 is 0 Å². The number of hydrogen-bond donors (Lipinski definition) is 1. The molecule has 0 aliphatic rings. The largest absolute Gasteiger partial charge is 0.307 e. The monoisotopic (exact) mass is 363 g/mol. The van der Waals surface area contributed by atoms with E-state index in [1.165, 1.54) is 9.60 Å². The second kappa shape index (κ2) is 5.70. The van der Waals surface area contributed by atoms with E-state index in [1.807, 2.05) is 18.2 Å². The number of fused-ring (bicyclic) bond motifs is 2. The van der Waals surface area contributed by atoms with Gasteiger partial charge in [-0.2, -0.15) is 0 Å². The lowest BCUT2D eigenvalue weighted by atomic mass is 10.3. The first-order valence-corrected chi connectivity index (χ1v) is 9.73. The fourth-order valence-electron chi connectivity index (χ4n) is 2.15. The standard InChI is InChI=1S/C15H10ClN3S3/c1-20-8-5-6-10-12(7-8)22-14(17-10)19-15-18-13-9(16)3-2-4-11(13)21-15/h2-7H,1H3,(H,17,18,19). The normalized spacial score (nSPS) is 11.4. The minimum Gasteiger partial charge on any atom is -0.307 e. The first kappa shape index (κ1) is 14.3. The first-order valence-electron chi connectivity index (χ1n) is 6.49. The second-order valence-electron chi connectivity index (χ2n) is 4.58. The van der Waals surface area contributed by atoms with Crippen LogP contribution in [0.1, 0.15) is 0 Å². The van der Waals surface area contributed by atoms with Crippen LogP contribution in [0.3, 0.4) is 0 Å². The Balaban J connectivity index is 1.70. The van der Waals surface area contributed by atoms with Crippen LogP contribution < -0.4 is 5.32 Å². The fraction of sp³-hybridized carbons (Fsp3) is 0.0667. The zero-order chi connectivity index (χ0) is 15.1. The summed E-state index contributed by atoms with van der Waals surface area (Å²) in [7, 11) is 0. The third-order valence-corrected chi connectivity index (χ3v) is 6.08. The predicted molar refractivity (Wildman–Crippen MR) is 99.3 cm³/mol. The van der Waals surface area contributed by atoms with Crippen molar-refractivity contribution in [3.8, 4) is 0 Å². The Morgan fingerprint density at radius 1 is 1.05 bits per heavy atom. The van der Waals surface area contributed by atoms with Crippen molar-refractivity contribution < 1.29 is 0 Å². The highest BCUT2D eigenvalue weighted by Crippen LogP contribution is 2.35. The van der Waals surface area contributed by atoms with Gasteiger partial charge >= 0.3 is 0 Å². The third-order valence-electron chi connectivity index (χ3n) is 3.18. The van der Waals surface area contributed by atoms with Gasteiger partial charge in [0.2, 0.25) is 0 Å². The van der Waals surface area contributed by atoms with Crippen LogP contribution in [0.4, 0.5) is 10.3 Å². The molecule has 4 aromatic rings. The Morgan fingerprint density at radius 2 is 1.86 bits per heavy atom. The molecule has 4 rings (SSSR count). The van der Waals surface area contributed by atoms with E-state index in [-0.39, 0.29) is 0 Å². The molecule has 110 valence electrons. The van der Waals surface area contributed by atoms with Crippen LogP contribution in [0.15, 0.2) is 41.3 Å². The summed E-state index contributed by atoms with van der Waals surface area (Å²) in [5.41, 5.74) is 1.84. The molecule has 0 spiro atoms. The van der Waals surface area contributed by atoms with Gasteiger partial charge in [-0.15, -0.1) is 11.8 Å². The molecule has 0 atom stereocenters. The molecule has 0 saturated heterocycles.